The summed E-state index contributed by atoms with van der Waals surface area (Å²) in [5.41, 5.74) is 5.90. The molecule has 0 radical (unpaired) electrons. The zero-order chi connectivity index (χ0) is 15.8. The first-order chi connectivity index (χ1) is 9.62. The number of hydrogen-bond donors (Lipinski definition) is 1. The fourth-order valence-electron chi connectivity index (χ4n) is 2.63. The van der Waals surface area contributed by atoms with Crippen LogP contribution in [0.5, 0.6) is 0 Å². The van der Waals surface area contributed by atoms with Crippen molar-refractivity contribution < 1.29 is 8.42 Å². The Morgan fingerprint density at radius 2 is 1.86 bits per heavy atom. The van der Waals surface area contributed by atoms with Gasteiger partial charge in [0.05, 0.1) is 0 Å². The highest BCUT2D eigenvalue weighted by Gasteiger charge is 2.32. The van der Waals surface area contributed by atoms with E-state index in [0.717, 1.165) is 17.7 Å². The van der Waals surface area contributed by atoms with Crippen LogP contribution in [0, 0.1) is 5.92 Å². The summed E-state index contributed by atoms with van der Waals surface area (Å²) in [6.07, 6.45) is 1.71. The standard InChI is InChI=1S/C15H26N2O2S2/c1-11(16)12-7-9-17(10-8-12)21(18,19)14-6-5-13(20-14)15(2,3)4/h5-6,11-12H,7-10,16H2,1-4H3. The summed E-state index contributed by atoms with van der Waals surface area (Å²) in [4.78, 5) is 1.10. The topological polar surface area (TPSA) is 63.4 Å². The van der Waals surface area contributed by atoms with Gasteiger partial charge >= 0.3 is 0 Å². The van der Waals surface area contributed by atoms with Gasteiger partial charge in [-0.15, -0.1) is 11.3 Å². The normalized spacial score (nSPS) is 20.6. The van der Waals surface area contributed by atoms with Gasteiger partial charge in [-0.05, 0) is 43.2 Å². The van der Waals surface area contributed by atoms with Crippen molar-refractivity contribution >= 4 is 21.4 Å². The van der Waals surface area contributed by atoms with Gasteiger partial charge < -0.3 is 5.73 Å². The van der Waals surface area contributed by atoms with Crippen LogP contribution in [0.25, 0.3) is 0 Å². The largest absolute Gasteiger partial charge is 0.328 e. The van der Waals surface area contributed by atoms with Crippen molar-refractivity contribution in [3.8, 4) is 0 Å². The Hall–Kier alpha value is -0.430. The molecule has 0 bridgehead atoms. The van der Waals surface area contributed by atoms with E-state index >= 15 is 0 Å². The molecular formula is C15H26N2O2S2. The Balaban J connectivity index is 2.14. The molecule has 1 atom stereocenters. The first kappa shape index (κ1) is 16.9. The van der Waals surface area contributed by atoms with Crippen molar-refractivity contribution in [2.75, 3.05) is 13.1 Å². The summed E-state index contributed by atoms with van der Waals surface area (Å²) in [7, 11) is -3.34. The van der Waals surface area contributed by atoms with Crippen molar-refractivity contribution in [3.63, 3.8) is 0 Å². The number of nitrogens with two attached hydrogens (primary N) is 1. The van der Waals surface area contributed by atoms with Crippen LogP contribution in [0.2, 0.25) is 0 Å². The zero-order valence-electron chi connectivity index (χ0n) is 13.3. The molecule has 2 heterocycles. The summed E-state index contributed by atoms with van der Waals surface area (Å²) >= 11 is 1.39. The lowest BCUT2D eigenvalue weighted by atomic mass is 9.92. The number of piperidine rings is 1. The second-order valence-corrected chi connectivity index (χ2v) is 10.2. The lowest BCUT2D eigenvalue weighted by Gasteiger charge is -2.32. The number of nitrogens with zero attached hydrogens (tertiary/aromatic N) is 1. The molecule has 1 unspecified atom stereocenters. The van der Waals surface area contributed by atoms with Crippen LogP contribution in [0.15, 0.2) is 16.3 Å². The third-order valence-corrected chi connectivity index (χ3v) is 8.03. The van der Waals surface area contributed by atoms with Gasteiger partial charge in [-0.2, -0.15) is 4.31 Å². The van der Waals surface area contributed by atoms with E-state index in [1.54, 1.807) is 10.4 Å². The van der Waals surface area contributed by atoms with Crippen molar-refractivity contribution in [2.24, 2.45) is 11.7 Å². The lowest BCUT2D eigenvalue weighted by molar-refractivity contribution is 0.251. The van der Waals surface area contributed by atoms with Gasteiger partial charge in [-0.1, -0.05) is 20.8 Å². The molecule has 4 nitrogen and oxygen atoms in total. The predicted molar refractivity (Wildman–Crippen MR) is 88.2 cm³/mol. The van der Waals surface area contributed by atoms with Crippen LogP contribution >= 0.6 is 11.3 Å². The highest BCUT2D eigenvalue weighted by molar-refractivity contribution is 7.91. The van der Waals surface area contributed by atoms with Crippen LogP contribution < -0.4 is 5.73 Å². The number of hydrogen-bond acceptors (Lipinski definition) is 4. The monoisotopic (exact) mass is 330 g/mol. The van der Waals surface area contributed by atoms with Gasteiger partial charge in [-0.3, -0.25) is 0 Å². The van der Waals surface area contributed by atoms with Gasteiger partial charge in [0.25, 0.3) is 10.0 Å². The van der Waals surface area contributed by atoms with Crippen molar-refractivity contribution in [2.45, 2.75) is 56.2 Å². The van der Waals surface area contributed by atoms with Gasteiger partial charge in [0.2, 0.25) is 0 Å². The molecule has 2 N–H and O–H groups in total. The minimum absolute atomic E-state index is 0.0135. The summed E-state index contributed by atoms with van der Waals surface area (Å²) < 4.78 is 27.5. The van der Waals surface area contributed by atoms with E-state index in [1.165, 1.54) is 11.3 Å². The van der Waals surface area contributed by atoms with E-state index in [-0.39, 0.29) is 11.5 Å². The maximum Gasteiger partial charge on any atom is 0.252 e. The van der Waals surface area contributed by atoms with E-state index in [0.29, 0.717) is 23.2 Å². The molecule has 1 aliphatic heterocycles. The fourth-order valence-corrected chi connectivity index (χ4v) is 5.62. The Kier molecular flexibility index (Phi) is 4.83. The molecule has 1 aromatic heterocycles. The van der Waals surface area contributed by atoms with Crippen LogP contribution in [-0.4, -0.2) is 31.9 Å². The quantitative estimate of drug-likeness (QED) is 0.927. The number of sulfonamides is 1. The molecule has 0 aliphatic carbocycles. The molecule has 6 heteroatoms. The van der Waals surface area contributed by atoms with Gasteiger partial charge in [-0.25, -0.2) is 8.42 Å². The lowest BCUT2D eigenvalue weighted by Crippen LogP contribution is -2.42. The summed E-state index contributed by atoms with van der Waals surface area (Å²) in [6, 6.07) is 3.83. The second-order valence-electron chi connectivity index (χ2n) is 6.97. The number of thiophene rings is 1. The van der Waals surface area contributed by atoms with Gasteiger partial charge in [0.15, 0.2) is 0 Å². The SMILES string of the molecule is CC(N)C1CCN(S(=O)(=O)c2ccc(C(C)(C)C)s2)CC1. The average Bonchev–Trinajstić information content (AvgIpc) is 2.89. The fraction of sp³-hybridized carbons (Fsp3) is 0.733. The Labute approximate surface area is 132 Å². The van der Waals surface area contributed by atoms with E-state index in [9.17, 15) is 8.42 Å². The molecule has 1 aromatic rings. The summed E-state index contributed by atoms with van der Waals surface area (Å²) in [5, 5.41) is 0. The zero-order valence-corrected chi connectivity index (χ0v) is 14.9. The van der Waals surface area contributed by atoms with Gasteiger partial charge in [0, 0.05) is 24.0 Å². The van der Waals surface area contributed by atoms with Gasteiger partial charge in [0.1, 0.15) is 4.21 Å². The predicted octanol–water partition coefficient (Wildman–Crippen LogP) is 2.79. The second kappa shape index (κ2) is 5.99. The first-order valence-electron chi connectivity index (χ1n) is 7.48. The maximum atomic E-state index is 12.7. The van der Waals surface area contributed by atoms with Crippen LogP contribution in [0.1, 0.15) is 45.4 Å². The molecule has 21 heavy (non-hydrogen) atoms. The molecule has 0 spiro atoms. The third-order valence-electron chi connectivity index (χ3n) is 4.16. The molecule has 1 fully saturated rings. The van der Waals surface area contributed by atoms with Crippen molar-refractivity contribution in [1.82, 2.24) is 4.31 Å². The minimum atomic E-state index is -3.34. The Morgan fingerprint density at radius 1 is 1.29 bits per heavy atom. The highest BCUT2D eigenvalue weighted by Crippen LogP contribution is 2.34. The van der Waals surface area contributed by atoms with Crippen molar-refractivity contribution in [3.05, 3.63) is 17.0 Å². The average molecular weight is 331 g/mol. The molecule has 120 valence electrons. The first-order valence-corrected chi connectivity index (χ1v) is 9.74. The van der Waals surface area contributed by atoms with E-state index in [4.69, 9.17) is 5.73 Å². The molecule has 0 saturated carbocycles. The molecule has 0 amide bonds. The third kappa shape index (κ3) is 3.67. The van der Waals surface area contributed by atoms with Crippen molar-refractivity contribution in [1.29, 1.82) is 0 Å². The molecule has 1 saturated heterocycles. The van der Waals surface area contributed by atoms with Crippen LogP contribution in [0.3, 0.4) is 0 Å². The van der Waals surface area contributed by atoms with Crippen LogP contribution in [0.4, 0.5) is 0 Å². The smallest absolute Gasteiger partial charge is 0.252 e. The maximum absolute atomic E-state index is 12.7. The number of rotatable bonds is 3. The Bertz CT molecular complexity index is 577. The molecule has 1 aliphatic rings. The molecule has 2 rings (SSSR count). The van der Waals surface area contributed by atoms with E-state index in [1.807, 2.05) is 13.0 Å². The summed E-state index contributed by atoms with van der Waals surface area (Å²) in [6.45, 7) is 9.47. The van der Waals surface area contributed by atoms with E-state index in [2.05, 4.69) is 20.8 Å². The van der Waals surface area contributed by atoms with Crippen LogP contribution in [-0.2, 0) is 15.4 Å². The molecule has 0 aromatic carbocycles. The Morgan fingerprint density at radius 3 is 2.29 bits per heavy atom. The van der Waals surface area contributed by atoms with E-state index < -0.39 is 10.0 Å². The molecular weight excluding hydrogens is 304 g/mol. The highest BCUT2D eigenvalue weighted by atomic mass is 32.2. The minimum Gasteiger partial charge on any atom is -0.328 e. The summed E-state index contributed by atoms with van der Waals surface area (Å²) in [5.74, 6) is 0.435.